The van der Waals surface area contributed by atoms with Crippen LogP contribution < -0.4 is 5.32 Å². The van der Waals surface area contributed by atoms with Crippen molar-refractivity contribution in [1.82, 2.24) is 19.8 Å². The highest BCUT2D eigenvalue weighted by Crippen LogP contribution is 2.21. The molecule has 0 spiro atoms. The molecule has 164 valence electrons. The van der Waals surface area contributed by atoms with Gasteiger partial charge in [-0.3, -0.25) is 4.79 Å². The van der Waals surface area contributed by atoms with Crippen LogP contribution in [0.1, 0.15) is 17.9 Å². The molecule has 0 unspecified atom stereocenters. The molecule has 0 aliphatic carbocycles. The number of sulfonamides is 1. The Morgan fingerprint density at radius 3 is 2.77 bits per heavy atom. The Labute approximate surface area is 184 Å². The molecule has 3 aromatic rings. The number of nitrogens with zero attached hydrogens (tertiary/aromatic N) is 3. The second-order valence-corrected chi connectivity index (χ2v) is 9.61. The fourth-order valence-corrected chi connectivity index (χ4v) is 5.46. The number of rotatable bonds is 8. The fraction of sp³-hybridized carbons (Fsp3) is 0.350. The predicted octanol–water partition coefficient (Wildman–Crippen LogP) is 2.07. The number of aryl methyl sites for hydroxylation is 1. The summed E-state index contributed by atoms with van der Waals surface area (Å²) in [6.45, 7) is 1.51. The zero-order valence-corrected chi connectivity index (χ0v) is 18.3. The van der Waals surface area contributed by atoms with Gasteiger partial charge in [0.15, 0.2) is 0 Å². The molecule has 1 N–H and O–H groups in total. The van der Waals surface area contributed by atoms with Crippen LogP contribution >= 0.6 is 11.3 Å². The van der Waals surface area contributed by atoms with Gasteiger partial charge in [-0.05, 0) is 23.1 Å². The number of ether oxygens (including phenoxy) is 1. The maximum atomic E-state index is 13.0. The molecule has 4 rings (SSSR count). The van der Waals surface area contributed by atoms with Gasteiger partial charge in [0.1, 0.15) is 0 Å². The average molecular weight is 463 g/mol. The van der Waals surface area contributed by atoms with Gasteiger partial charge in [-0.1, -0.05) is 23.4 Å². The lowest BCUT2D eigenvalue weighted by Crippen LogP contribution is -2.41. The van der Waals surface area contributed by atoms with Gasteiger partial charge in [0.05, 0.1) is 18.1 Å². The first-order valence-corrected chi connectivity index (χ1v) is 12.2. The molecular formula is C20H22N4O5S2. The summed E-state index contributed by atoms with van der Waals surface area (Å²) in [6.07, 6.45) is 0.459. The Morgan fingerprint density at radius 2 is 2.00 bits per heavy atom. The van der Waals surface area contributed by atoms with E-state index in [4.69, 9.17) is 9.26 Å². The molecule has 1 amide bonds. The van der Waals surface area contributed by atoms with Crippen LogP contribution in [0, 0.1) is 0 Å². The van der Waals surface area contributed by atoms with E-state index in [9.17, 15) is 13.2 Å². The van der Waals surface area contributed by atoms with Crippen LogP contribution in [0.5, 0.6) is 0 Å². The maximum absolute atomic E-state index is 13.0. The molecule has 1 saturated heterocycles. The van der Waals surface area contributed by atoms with Gasteiger partial charge in [0.2, 0.25) is 27.6 Å². The third-order valence-corrected chi connectivity index (χ3v) is 7.53. The molecule has 1 aromatic carbocycles. The van der Waals surface area contributed by atoms with E-state index in [0.717, 1.165) is 5.56 Å². The minimum absolute atomic E-state index is 0.114. The van der Waals surface area contributed by atoms with Gasteiger partial charge in [0, 0.05) is 43.4 Å². The maximum Gasteiger partial charge on any atom is 0.243 e. The third kappa shape index (κ3) is 5.18. The summed E-state index contributed by atoms with van der Waals surface area (Å²) in [5, 5.41) is 10.6. The minimum atomic E-state index is -3.65. The topological polar surface area (TPSA) is 115 Å². The Balaban J connectivity index is 1.34. The fourth-order valence-electron chi connectivity index (χ4n) is 3.20. The van der Waals surface area contributed by atoms with Crippen molar-refractivity contribution in [2.75, 3.05) is 26.3 Å². The quantitative estimate of drug-likeness (QED) is 0.545. The second-order valence-electron chi connectivity index (χ2n) is 6.92. The number of nitrogens with one attached hydrogen (secondary N) is 1. The van der Waals surface area contributed by atoms with Gasteiger partial charge < -0.3 is 14.6 Å². The van der Waals surface area contributed by atoms with E-state index in [-0.39, 0.29) is 23.8 Å². The van der Waals surface area contributed by atoms with Crippen molar-refractivity contribution < 1.29 is 22.5 Å². The summed E-state index contributed by atoms with van der Waals surface area (Å²) in [5.74, 6) is 0.652. The number of amides is 1. The molecule has 1 aliphatic rings. The number of aromatic nitrogens is 2. The molecule has 0 atom stereocenters. The normalized spacial score (nSPS) is 15.1. The van der Waals surface area contributed by atoms with E-state index in [2.05, 4.69) is 15.5 Å². The Bertz CT molecular complexity index is 1120. The molecule has 2 aromatic heterocycles. The second kappa shape index (κ2) is 9.69. The van der Waals surface area contributed by atoms with Crippen LogP contribution in [0.4, 0.5) is 0 Å². The molecule has 1 fully saturated rings. The molecule has 1 aliphatic heterocycles. The Hall–Kier alpha value is -2.60. The van der Waals surface area contributed by atoms with Crippen molar-refractivity contribution in [2.24, 2.45) is 0 Å². The van der Waals surface area contributed by atoms with Crippen molar-refractivity contribution in [3.8, 4) is 11.4 Å². The van der Waals surface area contributed by atoms with Crippen LogP contribution in [0.25, 0.3) is 11.4 Å². The molecule has 3 heterocycles. The Kier molecular flexibility index (Phi) is 6.76. The van der Waals surface area contributed by atoms with Gasteiger partial charge in [-0.2, -0.15) is 20.6 Å². The monoisotopic (exact) mass is 462 g/mol. The number of carbonyl (C=O) groups is 1. The zero-order chi connectivity index (χ0) is 21.7. The van der Waals surface area contributed by atoms with Gasteiger partial charge in [-0.15, -0.1) is 0 Å². The highest BCUT2D eigenvalue weighted by Gasteiger charge is 2.28. The molecule has 0 saturated carbocycles. The van der Waals surface area contributed by atoms with Crippen molar-refractivity contribution in [2.45, 2.75) is 24.3 Å². The molecular weight excluding hydrogens is 440 g/mol. The number of hydrogen-bond donors (Lipinski definition) is 1. The molecule has 11 heteroatoms. The summed E-state index contributed by atoms with van der Waals surface area (Å²) in [5.41, 5.74) is 1.42. The number of thiophene rings is 1. The van der Waals surface area contributed by atoms with E-state index in [1.165, 1.54) is 4.31 Å². The Morgan fingerprint density at radius 1 is 1.19 bits per heavy atom. The standard InChI is InChI=1S/C20H22N4O5S2/c25-18(5-6-19-22-20(23-29-19)16-7-12-30-14-16)21-13-15-3-1-2-4-17(15)31(26,27)24-8-10-28-11-9-24/h1-4,7,12,14H,5-6,8-11,13H2,(H,21,25). The molecule has 0 radical (unpaired) electrons. The van der Waals surface area contributed by atoms with Crippen molar-refractivity contribution in [1.29, 1.82) is 0 Å². The first kappa shape index (κ1) is 21.6. The van der Waals surface area contributed by atoms with E-state index < -0.39 is 10.0 Å². The minimum Gasteiger partial charge on any atom is -0.379 e. The zero-order valence-electron chi connectivity index (χ0n) is 16.7. The van der Waals surface area contributed by atoms with Crippen LogP contribution in [-0.2, 0) is 32.5 Å². The number of morpholine rings is 1. The summed E-state index contributed by atoms with van der Waals surface area (Å²) in [4.78, 5) is 16.8. The lowest BCUT2D eigenvalue weighted by atomic mass is 10.2. The first-order valence-electron chi connectivity index (χ1n) is 9.82. The average Bonchev–Trinajstić information content (AvgIpc) is 3.49. The number of benzene rings is 1. The highest BCUT2D eigenvalue weighted by molar-refractivity contribution is 7.89. The summed E-state index contributed by atoms with van der Waals surface area (Å²) >= 11 is 1.54. The van der Waals surface area contributed by atoms with Crippen LogP contribution in [0.2, 0.25) is 0 Å². The lowest BCUT2D eigenvalue weighted by Gasteiger charge is -2.27. The number of hydrogen-bond acceptors (Lipinski definition) is 8. The van der Waals surface area contributed by atoms with Gasteiger partial charge in [-0.25, -0.2) is 8.42 Å². The number of carbonyl (C=O) groups excluding carboxylic acids is 1. The van der Waals surface area contributed by atoms with Crippen molar-refractivity contribution in [3.05, 3.63) is 52.5 Å². The van der Waals surface area contributed by atoms with Crippen LogP contribution in [0.15, 0.2) is 50.5 Å². The van der Waals surface area contributed by atoms with E-state index in [0.29, 0.717) is 50.0 Å². The van der Waals surface area contributed by atoms with Gasteiger partial charge in [0.25, 0.3) is 0 Å². The molecule has 31 heavy (non-hydrogen) atoms. The smallest absolute Gasteiger partial charge is 0.243 e. The third-order valence-electron chi connectivity index (χ3n) is 4.85. The molecule has 9 nitrogen and oxygen atoms in total. The van der Waals surface area contributed by atoms with E-state index in [1.807, 2.05) is 16.8 Å². The van der Waals surface area contributed by atoms with E-state index in [1.54, 1.807) is 35.6 Å². The summed E-state index contributed by atoms with van der Waals surface area (Å²) in [7, 11) is -3.65. The van der Waals surface area contributed by atoms with Crippen molar-refractivity contribution in [3.63, 3.8) is 0 Å². The lowest BCUT2D eigenvalue weighted by molar-refractivity contribution is -0.121. The van der Waals surface area contributed by atoms with Crippen LogP contribution in [-0.4, -0.2) is 55.1 Å². The summed E-state index contributed by atoms with van der Waals surface area (Å²) < 4.78 is 37.8. The molecule has 0 bridgehead atoms. The highest BCUT2D eigenvalue weighted by atomic mass is 32.2. The summed E-state index contributed by atoms with van der Waals surface area (Å²) in [6, 6.07) is 8.60. The van der Waals surface area contributed by atoms with Crippen LogP contribution in [0.3, 0.4) is 0 Å². The largest absolute Gasteiger partial charge is 0.379 e. The van der Waals surface area contributed by atoms with Gasteiger partial charge >= 0.3 is 0 Å². The van der Waals surface area contributed by atoms with Crippen molar-refractivity contribution >= 4 is 27.3 Å². The predicted molar refractivity (Wildman–Crippen MR) is 114 cm³/mol. The first-order chi connectivity index (χ1) is 15.0. The SMILES string of the molecule is O=C(CCc1nc(-c2ccsc2)no1)NCc1ccccc1S(=O)(=O)N1CCOCC1. The van der Waals surface area contributed by atoms with E-state index >= 15 is 0 Å².